The molecule has 1 N–H and O–H groups in total. The molecule has 0 unspecified atom stereocenters. The zero-order valence-corrected chi connectivity index (χ0v) is 23.7. The predicted molar refractivity (Wildman–Crippen MR) is 153 cm³/mol. The van der Waals surface area contributed by atoms with Crippen LogP contribution in [0, 0.1) is 0 Å². The van der Waals surface area contributed by atoms with Gasteiger partial charge in [-0.3, -0.25) is 19.4 Å². The Morgan fingerprint density at radius 1 is 1.07 bits per heavy atom. The minimum atomic E-state index is -4.53. The Morgan fingerprint density at radius 3 is 2.45 bits per heavy atom. The number of hydrogen-bond acceptors (Lipinski definition) is 5. The Morgan fingerprint density at radius 2 is 1.80 bits per heavy atom. The van der Waals surface area contributed by atoms with Crippen LogP contribution in [0.2, 0.25) is 0 Å². The number of anilines is 2. The fourth-order valence-electron chi connectivity index (χ4n) is 3.97. The fraction of sp³-hybridized carbons (Fsp3) is 0.179. The van der Waals surface area contributed by atoms with Gasteiger partial charge in [-0.1, -0.05) is 40.2 Å². The van der Waals surface area contributed by atoms with Gasteiger partial charge in [0.15, 0.2) is 23.2 Å². The first kappa shape index (κ1) is 29.1. The highest BCUT2D eigenvalue weighted by Crippen LogP contribution is 2.37. The monoisotopic (exact) mass is 633 g/mol. The Hall–Kier alpha value is -3.90. The quantitative estimate of drug-likeness (QED) is 0.226. The Bertz CT molecular complexity index is 1480. The summed E-state index contributed by atoms with van der Waals surface area (Å²) in [5, 5.41) is 2.75. The van der Waals surface area contributed by atoms with Crippen LogP contribution in [0.1, 0.15) is 18.1 Å². The molecule has 4 rings (SSSR count). The molecule has 0 spiro atoms. The molecule has 1 fully saturated rings. The maximum atomic E-state index is 13.2. The number of nitrogens with one attached hydrogen (secondary N) is 1. The molecule has 1 aliphatic heterocycles. The van der Waals surface area contributed by atoms with Crippen molar-refractivity contribution in [3.63, 3.8) is 0 Å². The number of carbonyl (C=O) groups is 2. The lowest BCUT2D eigenvalue weighted by atomic mass is 10.1. The van der Waals surface area contributed by atoms with Crippen molar-refractivity contribution in [2.24, 2.45) is 0 Å². The Balaban J connectivity index is 1.56. The maximum absolute atomic E-state index is 13.2. The molecule has 1 saturated heterocycles. The molecule has 7 nitrogen and oxygen atoms in total. The molecule has 0 aromatic heterocycles. The van der Waals surface area contributed by atoms with Gasteiger partial charge in [-0.15, -0.1) is 0 Å². The number of nitrogens with zero attached hydrogens (tertiary/aromatic N) is 2. The zero-order valence-electron chi connectivity index (χ0n) is 21.3. The van der Waals surface area contributed by atoms with Crippen molar-refractivity contribution in [2.45, 2.75) is 13.1 Å². The second-order valence-electron chi connectivity index (χ2n) is 8.47. The van der Waals surface area contributed by atoms with E-state index in [1.54, 1.807) is 23.1 Å². The average molecular weight is 634 g/mol. The summed E-state index contributed by atoms with van der Waals surface area (Å²) in [6.07, 6.45) is -2.86. The molecule has 3 aromatic carbocycles. The van der Waals surface area contributed by atoms with Gasteiger partial charge in [0.05, 0.1) is 12.7 Å². The first-order chi connectivity index (χ1) is 19.0. The third-order valence-corrected chi connectivity index (χ3v) is 6.96. The Kier molecular flexibility index (Phi) is 8.79. The summed E-state index contributed by atoms with van der Waals surface area (Å²) in [5.74, 6) is -0.437. The van der Waals surface area contributed by atoms with Crippen LogP contribution in [0.15, 0.2) is 76.9 Å². The largest absolute Gasteiger partial charge is 0.493 e. The molecule has 1 aliphatic rings. The number of thiocarbonyl (C=S) groups is 1. The van der Waals surface area contributed by atoms with Crippen molar-refractivity contribution in [2.75, 3.05) is 30.5 Å². The minimum absolute atomic E-state index is 0.0122. The highest BCUT2D eigenvalue weighted by Gasteiger charge is 2.38. The number of likely N-dealkylation sites (N-methyl/N-ethyl adjacent to an activating group) is 1. The van der Waals surface area contributed by atoms with Gasteiger partial charge in [0.1, 0.15) is 5.70 Å². The standard InChI is InChI=1S/C28H23BrF3N3O4S/c1-3-34-26(37)22(35(27(34)40)20-10-5-4-6-11-20)12-17-13-23(38-2)24(15-21(17)29)39-16-25(36)33-19-9-7-8-18(14-19)28(30,31)32/h4-15H,3,16H2,1-2H3,(H,33,36)/b22-12+. The summed E-state index contributed by atoms with van der Waals surface area (Å²) in [6, 6.07) is 16.8. The molecule has 208 valence electrons. The summed E-state index contributed by atoms with van der Waals surface area (Å²) < 4.78 is 50.5. The van der Waals surface area contributed by atoms with Crippen LogP contribution in [0.3, 0.4) is 0 Å². The first-order valence-electron chi connectivity index (χ1n) is 11.9. The normalized spacial score (nSPS) is 14.6. The predicted octanol–water partition coefficient (Wildman–Crippen LogP) is 6.49. The number of benzene rings is 3. The summed E-state index contributed by atoms with van der Waals surface area (Å²) in [5.41, 5.74) is 0.771. The van der Waals surface area contributed by atoms with E-state index < -0.39 is 24.3 Å². The molecular weight excluding hydrogens is 611 g/mol. The highest BCUT2D eigenvalue weighted by atomic mass is 79.9. The van der Waals surface area contributed by atoms with Crippen LogP contribution in [-0.4, -0.2) is 42.1 Å². The van der Waals surface area contributed by atoms with Crippen molar-refractivity contribution < 1.29 is 32.2 Å². The van der Waals surface area contributed by atoms with Crippen LogP contribution >= 0.6 is 28.1 Å². The smallest absolute Gasteiger partial charge is 0.416 e. The maximum Gasteiger partial charge on any atom is 0.416 e. The van der Waals surface area contributed by atoms with Crippen molar-refractivity contribution in [3.8, 4) is 11.5 Å². The lowest BCUT2D eigenvalue weighted by molar-refractivity contribution is -0.137. The van der Waals surface area contributed by atoms with Crippen molar-refractivity contribution in [3.05, 3.63) is 88.0 Å². The van der Waals surface area contributed by atoms with Gasteiger partial charge in [0, 0.05) is 22.4 Å². The Labute approximate surface area is 242 Å². The number of alkyl halides is 3. The first-order valence-corrected chi connectivity index (χ1v) is 13.1. The topological polar surface area (TPSA) is 71.1 Å². The molecule has 0 atom stereocenters. The van der Waals surface area contributed by atoms with Crippen molar-refractivity contribution >= 4 is 62.5 Å². The van der Waals surface area contributed by atoms with Gasteiger partial charge >= 0.3 is 6.18 Å². The van der Waals surface area contributed by atoms with E-state index in [4.69, 9.17) is 21.7 Å². The molecule has 0 bridgehead atoms. The van der Waals surface area contributed by atoms with E-state index in [0.717, 1.165) is 17.8 Å². The second kappa shape index (κ2) is 12.1. The van der Waals surface area contributed by atoms with Gasteiger partial charge < -0.3 is 14.8 Å². The third kappa shape index (κ3) is 6.28. The number of para-hydroxylation sites is 1. The SMILES string of the molecule is CCN1C(=O)/C(=C\c2cc(OC)c(OCC(=O)Nc3cccc(C(F)(F)F)c3)cc2Br)N(c2ccccc2)C1=S. The molecule has 1 heterocycles. The van der Waals surface area contributed by atoms with E-state index in [0.29, 0.717) is 27.4 Å². The summed E-state index contributed by atoms with van der Waals surface area (Å²) >= 11 is 9.07. The number of methoxy groups -OCH3 is 1. The van der Waals surface area contributed by atoms with E-state index >= 15 is 0 Å². The number of halogens is 4. The molecular formula is C28H23BrF3N3O4S. The van der Waals surface area contributed by atoms with E-state index in [1.807, 2.05) is 37.3 Å². The van der Waals surface area contributed by atoms with Crippen LogP contribution in [-0.2, 0) is 15.8 Å². The molecule has 0 radical (unpaired) electrons. The van der Waals surface area contributed by atoms with Crippen molar-refractivity contribution in [1.82, 2.24) is 4.90 Å². The highest BCUT2D eigenvalue weighted by molar-refractivity contribution is 9.10. The van der Waals surface area contributed by atoms with E-state index in [1.165, 1.54) is 24.1 Å². The molecule has 0 saturated carbocycles. The molecule has 0 aliphatic carbocycles. The number of amides is 2. The van der Waals surface area contributed by atoms with Gasteiger partial charge in [-0.2, -0.15) is 13.2 Å². The summed E-state index contributed by atoms with van der Waals surface area (Å²) in [7, 11) is 1.42. The number of carbonyl (C=O) groups excluding carboxylic acids is 2. The van der Waals surface area contributed by atoms with Crippen LogP contribution < -0.4 is 19.7 Å². The fourth-order valence-corrected chi connectivity index (χ4v) is 4.82. The second-order valence-corrected chi connectivity index (χ2v) is 9.69. The van der Waals surface area contributed by atoms with E-state index in [9.17, 15) is 22.8 Å². The van der Waals surface area contributed by atoms with Gasteiger partial charge in [0.2, 0.25) is 0 Å². The van der Waals surface area contributed by atoms with Gasteiger partial charge in [-0.05, 0) is 73.2 Å². The zero-order chi connectivity index (χ0) is 29.0. The van der Waals surface area contributed by atoms with E-state index in [2.05, 4.69) is 21.2 Å². The molecule has 3 aromatic rings. The van der Waals surface area contributed by atoms with Gasteiger partial charge in [-0.25, -0.2) is 0 Å². The number of hydrogen-bond donors (Lipinski definition) is 1. The molecule has 40 heavy (non-hydrogen) atoms. The minimum Gasteiger partial charge on any atom is -0.493 e. The lowest BCUT2D eigenvalue weighted by Gasteiger charge is -2.19. The third-order valence-electron chi connectivity index (χ3n) is 5.87. The van der Waals surface area contributed by atoms with Crippen LogP contribution in [0.4, 0.5) is 24.5 Å². The number of rotatable bonds is 8. The van der Waals surface area contributed by atoms with Gasteiger partial charge in [0.25, 0.3) is 11.8 Å². The summed E-state index contributed by atoms with van der Waals surface area (Å²) in [4.78, 5) is 28.8. The summed E-state index contributed by atoms with van der Waals surface area (Å²) in [6.45, 7) is 1.75. The van der Waals surface area contributed by atoms with Crippen molar-refractivity contribution in [1.29, 1.82) is 0 Å². The van der Waals surface area contributed by atoms with Crippen LogP contribution in [0.25, 0.3) is 6.08 Å². The molecule has 12 heteroatoms. The van der Waals surface area contributed by atoms with Crippen LogP contribution in [0.5, 0.6) is 11.5 Å². The van der Waals surface area contributed by atoms with E-state index in [-0.39, 0.29) is 23.1 Å². The average Bonchev–Trinajstić information content (AvgIpc) is 3.16. The molecule has 2 amide bonds. The number of ether oxygens (including phenoxy) is 2. The lowest BCUT2D eigenvalue weighted by Crippen LogP contribution is -2.32.